The Morgan fingerprint density at radius 1 is 1.24 bits per heavy atom. The summed E-state index contributed by atoms with van der Waals surface area (Å²) < 4.78 is 5.26. The molecule has 0 saturated carbocycles. The van der Waals surface area contributed by atoms with Crippen molar-refractivity contribution < 1.29 is 24.5 Å². The van der Waals surface area contributed by atoms with Crippen molar-refractivity contribution in [1.29, 1.82) is 0 Å². The van der Waals surface area contributed by atoms with Crippen LogP contribution in [-0.4, -0.2) is 40.8 Å². The van der Waals surface area contributed by atoms with Gasteiger partial charge in [-0.1, -0.05) is 13.8 Å². The molecule has 1 atom stereocenters. The summed E-state index contributed by atoms with van der Waals surface area (Å²) in [6.07, 6.45) is 1.50. The molecule has 1 aromatic carbocycles. The quantitative estimate of drug-likeness (QED) is 0.636. The molecule has 1 amide bonds. The van der Waals surface area contributed by atoms with E-state index in [4.69, 9.17) is 9.84 Å². The minimum absolute atomic E-state index is 0.175. The molecule has 1 aromatic rings. The number of aliphatic carboxylic acids is 1. The maximum absolute atomic E-state index is 12.4. The monoisotopic (exact) mass is 351 g/mol. The summed E-state index contributed by atoms with van der Waals surface area (Å²) in [4.78, 5) is 23.0. The van der Waals surface area contributed by atoms with Crippen molar-refractivity contribution in [3.63, 3.8) is 0 Å². The highest BCUT2D eigenvalue weighted by Crippen LogP contribution is 2.25. The summed E-state index contributed by atoms with van der Waals surface area (Å²) >= 11 is 0. The number of nitrogens with one attached hydrogen (secondary N) is 1. The maximum atomic E-state index is 12.4. The van der Waals surface area contributed by atoms with Gasteiger partial charge in [-0.2, -0.15) is 0 Å². The predicted molar refractivity (Wildman–Crippen MR) is 96.1 cm³/mol. The first-order chi connectivity index (χ1) is 11.5. The molecule has 0 aliphatic rings. The first-order valence-electron chi connectivity index (χ1n) is 8.48. The van der Waals surface area contributed by atoms with Crippen LogP contribution in [0.1, 0.15) is 55.1 Å². The number of carboxylic acid groups (broad SMARTS) is 1. The molecule has 0 saturated heterocycles. The van der Waals surface area contributed by atoms with Gasteiger partial charge in [0.25, 0.3) is 5.91 Å². The fourth-order valence-corrected chi connectivity index (χ4v) is 2.50. The summed E-state index contributed by atoms with van der Waals surface area (Å²) in [6.45, 7) is 9.18. The van der Waals surface area contributed by atoms with Gasteiger partial charge in [-0.25, -0.2) is 4.79 Å². The number of hydrogen-bond donors (Lipinski definition) is 3. The molecule has 0 aromatic heterocycles. The van der Waals surface area contributed by atoms with E-state index in [-0.39, 0.29) is 12.5 Å². The van der Waals surface area contributed by atoms with Gasteiger partial charge in [0.1, 0.15) is 5.75 Å². The Morgan fingerprint density at radius 3 is 2.28 bits per heavy atom. The number of carbonyl (C=O) groups excluding carboxylic acids is 1. The zero-order valence-corrected chi connectivity index (χ0v) is 15.7. The fraction of sp³-hybridized carbons (Fsp3) is 0.579. The van der Waals surface area contributed by atoms with E-state index in [1.807, 2.05) is 0 Å². The lowest BCUT2D eigenvalue weighted by Gasteiger charge is -2.24. The third-order valence-corrected chi connectivity index (χ3v) is 3.95. The number of ether oxygens (including phenoxy) is 1. The maximum Gasteiger partial charge on any atom is 0.341 e. The number of amides is 1. The number of aryl methyl sites for hydroxylation is 2. The zero-order chi connectivity index (χ0) is 19.2. The minimum atomic E-state index is -1.05. The topological polar surface area (TPSA) is 95.9 Å². The van der Waals surface area contributed by atoms with Crippen molar-refractivity contribution in [2.45, 2.75) is 53.1 Å². The second-order valence-corrected chi connectivity index (χ2v) is 7.23. The Bertz CT molecular complexity index is 599. The van der Waals surface area contributed by atoms with Crippen LogP contribution in [0.5, 0.6) is 5.75 Å². The summed E-state index contributed by atoms with van der Waals surface area (Å²) in [7, 11) is 0. The van der Waals surface area contributed by atoms with E-state index in [9.17, 15) is 14.7 Å². The van der Waals surface area contributed by atoms with Gasteiger partial charge >= 0.3 is 5.97 Å². The Kier molecular flexibility index (Phi) is 7.42. The standard InChI is InChI=1S/C19H29NO5/c1-12(2)6-7-19(5,24)11-20-18(23)15-8-13(3)17(14(4)9-15)25-10-16(21)22/h8-9,12,24H,6-7,10-11H2,1-5H3,(H,20,23)(H,21,22). The van der Waals surface area contributed by atoms with Gasteiger partial charge in [-0.15, -0.1) is 0 Å². The van der Waals surface area contributed by atoms with Crippen LogP contribution in [0.4, 0.5) is 0 Å². The summed E-state index contributed by atoms with van der Waals surface area (Å²) in [6, 6.07) is 3.31. The normalized spacial score (nSPS) is 13.4. The fourth-order valence-electron chi connectivity index (χ4n) is 2.50. The largest absolute Gasteiger partial charge is 0.481 e. The SMILES string of the molecule is Cc1cc(C(=O)NCC(C)(O)CCC(C)C)cc(C)c1OCC(=O)O. The molecule has 140 valence electrons. The molecule has 3 N–H and O–H groups in total. The van der Waals surface area contributed by atoms with E-state index in [1.165, 1.54) is 0 Å². The van der Waals surface area contributed by atoms with Gasteiger partial charge in [0.15, 0.2) is 6.61 Å². The molecule has 1 rings (SSSR count). The van der Waals surface area contributed by atoms with E-state index in [0.717, 1.165) is 6.42 Å². The van der Waals surface area contributed by atoms with Crippen LogP contribution in [0.15, 0.2) is 12.1 Å². The Balaban J connectivity index is 2.74. The van der Waals surface area contributed by atoms with Crippen LogP contribution in [0.2, 0.25) is 0 Å². The van der Waals surface area contributed by atoms with Crippen LogP contribution in [0.3, 0.4) is 0 Å². The van der Waals surface area contributed by atoms with Crippen LogP contribution in [0, 0.1) is 19.8 Å². The van der Waals surface area contributed by atoms with Crippen molar-refractivity contribution in [2.24, 2.45) is 5.92 Å². The van der Waals surface area contributed by atoms with E-state index in [1.54, 1.807) is 32.9 Å². The molecule has 0 heterocycles. The highest BCUT2D eigenvalue weighted by molar-refractivity contribution is 5.95. The van der Waals surface area contributed by atoms with Crippen LogP contribution >= 0.6 is 0 Å². The third kappa shape index (κ3) is 7.13. The van der Waals surface area contributed by atoms with Gasteiger partial charge < -0.3 is 20.3 Å². The molecule has 6 heteroatoms. The van der Waals surface area contributed by atoms with E-state index < -0.39 is 18.2 Å². The lowest BCUT2D eigenvalue weighted by molar-refractivity contribution is -0.139. The summed E-state index contributed by atoms with van der Waals surface area (Å²) in [5, 5.41) is 21.8. The third-order valence-electron chi connectivity index (χ3n) is 3.95. The highest BCUT2D eigenvalue weighted by Gasteiger charge is 2.22. The summed E-state index contributed by atoms with van der Waals surface area (Å²) in [5.41, 5.74) is 0.891. The van der Waals surface area contributed by atoms with Gasteiger partial charge in [-0.05, 0) is 62.8 Å². The summed E-state index contributed by atoms with van der Waals surface area (Å²) in [5.74, 6) is -0.362. The smallest absolute Gasteiger partial charge is 0.341 e. The number of benzene rings is 1. The zero-order valence-electron chi connectivity index (χ0n) is 15.7. The van der Waals surface area contributed by atoms with E-state index in [0.29, 0.717) is 34.8 Å². The second-order valence-electron chi connectivity index (χ2n) is 7.23. The van der Waals surface area contributed by atoms with Crippen molar-refractivity contribution in [3.05, 3.63) is 28.8 Å². The number of carbonyl (C=O) groups is 2. The molecule has 0 fully saturated rings. The average molecular weight is 351 g/mol. The van der Waals surface area contributed by atoms with Crippen LogP contribution in [0.25, 0.3) is 0 Å². The van der Waals surface area contributed by atoms with Gasteiger partial charge in [0, 0.05) is 12.1 Å². The number of aliphatic hydroxyl groups is 1. The van der Waals surface area contributed by atoms with Gasteiger partial charge in [0.05, 0.1) is 5.60 Å². The molecule has 6 nitrogen and oxygen atoms in total. The van der Waals surface area contributed by atoms with Crippen molar-refractivity contribution in [1.82, 2.24) is 5.32 Å². The number of carboxylic acids is 1. The molecular formula is C19H29NO5. The molecule has 0 radical (unpaired) electrons. The molecule has 0 aliphatic carbocycles. The van der Waals surface area contributed by atoms with Crippen LogP contribution < -0.4 is 10.1 Å². The number of hydrogen-bond acceptors (Lipinski definition) is 4. The molecular weight excluding hydrogens is 322 g/mol. The Labute approximate surface area is 149 Å². The average Bonchev–Trinajstić information content (AvgIpc) is 2.49. The Hall–Kier alpha value is -2.08. The molecule has 0 spiro atoms. The van der Waals surface area contributed by atoms with Gasteiger partial charge in [0.2, 0.25) is 0 Å². The Morgan fingerprint density at radius 2 is 1.80 bits per heavy atom. The molecule has 0 bridgehead atoms. The minimum Gasteiger partial charge on any atom is -0.481 e. The van der Waals surface area contributed by atoms with E-state index >= 15 is 0 Å². The first kappa shape index (κ1) is 21.0. The van der Waals surface area contributed by atoms with Crippen molar-refractivity contribution >= 4 is 11.9 Å². The molecule has 1 unspecified atom stereocenters. The van der Waals surface area contributed by atoms with E-state index in [2.05, 4.69) is 19.2 Å². The van der Waals surface area contributed by atoms with Crippen molar-refractivity contribution in [3.8, 4) is 5.75 Å². The molecule has 0 aliphatic heterocycles. The van der Waals surface area contributed by atoms with Gasteiger partial charge in [-0.3, -0.25) is 4.79 Å². The highest BCUT2D eigenvalue weighted by atomic mass is 16.5. The lowest BCUT2D eigenvalue weighted by Crippen LogP contribution is -2.40. The second kappa shape index (κ2) is 8.85. The lowest BCUT2D eigenvalue weighted by atomic mass is 9.95. The van der Waals surface area contributed by atoms with Crippen molar-refractivity contribution in [2.75, 3.05) is 13.2 Å². The van der Waals surface area contributed by atoms with Crippen LogP contribution in [-0.2, 0) is 4.79 Å². The molecule has 25 heavy (non-hydrogen) atoms. The predicted octanol–water partition coefficient (Wildman–Crippen LogP) is 2.68. The first-order valence-corrected chi connectivity index (χ1v) is 8.48. The number of rotatable bonds is 9.